The lowest BCUT2D eigenvalue weighted by Crippen LogP contribution is -2.38. The molecule has 4 heteroatoms. The van der Waals surface area contributed by atoms with Gasteiger partial charge in [-0.2, -0.15) is 0 Å². The van der Waals surface area contributed by atoms with E-state index in [1.165, 1.54) is 0 Å². The highest BCUT2D eigenvalue weighted by atomic mass is 16.4. The number of aliphatic hydroxyl groups excluding tert-OH is 1. The molecule has 0 aliphatic heterocycles. The molecule has 1 fully saturated rings. The van der Waals surface area contributed by atoms with Gasteiger partial charge in [-0.15, -0.1) is 0 Å². The molecule has 0 aromatic carbocycles. The van der Waals surface area contributed by atoms with Gasteiger partial charge in [-0.1, -0.05) is 6.92 Å². The van der Waals surface area contributed by atoms with Crippen molar-refractivity contribution in [2.24, 2.45) is 5.92 Å². The predicted octanol–water partition coefficient (Wildman–Crippen LogP) is 0.990. The lowest BCUT2D eigenvalue weighted by Gasteiger charge is -2.27. The van der Waals surface area contributed by atoms with E-state index in [1.54, 1.807) is 0 Å². The number of carbonyl (C=O) groups is 1. The third kappa shape index (κ3) is 4.18. The molecule has 0 aromatic rings. The second-order valence-corrected chi connectivity index (χ2v) is 4.36. The van der Waals surface area contributed by atoms with Gasteiger partial charge in [0.15, 0.2) is 0 Å². The quantitative estimate of drug-likeness (QED) is 0.639. The van der Waals surface area contributed by atoms with Crippen LogP contribution < -0.4 is 5.32 Å². The fourth-order valence-corrected chi connectivity index (χ4v) is 1.99. The maximum atomic E-state index is 10.7. The second-order valence-electron chi connectivity index (χ2n) is 4.36. The number of aliphatic hydroxyl groups is 1. The van der Waals surface area contributed by atoms with Crippen LogP contribution in [0.5, 0.6) is 0 Å². The first-order chi connectivity index (χ1) is 7.13. The van der Waals surface area contributed by atoms with Crippen LogP contribution in [-0.4, -0.2) is 34.9 Å². The molecule has 15 heavy (non-hydrogen) atoms. The molecule has 3 N–H and O–H groups in total. The Morgan fingerprint density at radius 2 is 2.00 bits per heavy atom. The summed E-state index contributed by atoms with van der Waals surface area (Å²) in [4.78, 5) is 10.7. The summed E-state index contributed by atoms with van der Waals surface area (Å²) in [5.74, 6) is -0.818. The zero-order valence-corrected chi connectivity index (χ0v) is 9.28. The predicted molar refractivity (Wildman–Crippen MR) is 57.7 cm³/mol. The molecule has 88 valence electrons. The molecule has 1 aliphatic rings. The summed E-state index contributed by atoms with van der Waals surface area (Å²) in [5, 5.41) is 21.5. The van der Waals surface area contributed by atoms with Crippen molar-refractivity contribution >= 4 is 5.97 Å². The van der Waals surface area contributed by atoms with Crippen LogP contribution in [0.3, 0.4) is 0 Å². The number of aliphatic carboxylic acids is 1. The van der Waals surface area contributed by atoms with Crippen LogP contribution in [0.25, 0.3) is 0 Å². The Hall–Kier alpha value is -0.610. The van der Waals surface area contributed by atoms with E-state index in [4.69, 9.17) is 5.11 Å². The van der Waals surface area contributed by atoms with E-state index in [2.05, 4.69) is 5.32 Å². The van der Waals surface area contributed by atoms with Crippen LogP contribution in [0.1, 0.15) is 39.0 Å². The molecule has 0 radical (unpaired) electrons. The van der Waals surface area contributed by atoms with Crippen molar-refractivity contribution in [3.8, 4) is 0 Å². The zero-order valence-electron chi connectivity index (χ0n) is 9.28. The van der Waals surface area contributed by atoms with Gasteiger partial charge in [0.25, 0.3) is 0 Å². The maximum absolute atomic E-state index is 10.7. The number of carboxylic acid groups (broad SMARTS) is 1. The van der Waals surface area contributed by atoms with Crippen LogP contribution in [0.15, 0.2) is 0 Å². The Labute approximate surface area is 90.7 Å². The van der Waals surface area contributed by atoms with E-state index < -0.39 is 5.97 Å². The van der Waals surface area contributed by atoms with Gasteiger partial charge in [0.1, 0.15) is 0 Å². The highest BCUT2D eigenvalue weighted by Crippen LogP contribution is 2.24. The number of hydrogen-bond acceptors (Lipinski definition) is 3. The van der Waals surface area contributed by atoms with Crippen LogP contribution in [0.4, 0.5) is 0 Å². The normalized spacial score (nSPS) is 28.7. The first kappa shape index (κ1) is 12.5. The van der Waals surface area contributed by atoms with Crippen LogP contribution >= 0.6 is 0 Å². The van der Waals surface area contributed by atoms with Crippen molar-refractivity contribution in [2.75, 3.05) is 6.54 Å². The average Bonchev–Trinajstić information content (AvgIpc) is 2.26. The van der Waals surface area contributed by atoms with Crippen LogP contribution in [-0.2, 0) is 4.79 Å². The second kappa shape index (κ2) is 6.08. The molecule has 0 heterocycles. The molecule has 1 unspecified atom stereocenters. The molecule has 1 aliphatic carbocycles. The maximum Gasteiger partial charge on any atom is 0.306 e. The summed E-state index contributed by atoms with van der Waals surface area (Å²) in [6.45, 7) is 2.58. The van der Waals surface area contributed by atoms with Crippen LogP contribution in [0.2, 0.25) is 0 Å². The third-order valence-corrected chi connectivity index (χ3v) is 3.19. The van der Waals surface area contributed by atoms with Crippen molar-refractivity contribution in [2.45, 2.75) is 51.2 Å². The van der Waals surface area contributed by atoms with E-state index in [0.29, 0.717) is 12.6 Å². The standard InChI is InChI=1S/C11H21NO3/c1-2-10(13)7-12-9-5-3-8(4-6-9)11(14)15/h8-10,12-13H,2-7H2,1H3,(H,14,15). The van der Waals surface area contributed by atoms with E-state index in [-0.39, 0.29) is 12.0 Å². The van der Waals surface area contributed by atoms with E-state index >= 15 is 0 Å². The summed E-state index contributed by atoms with van der Waals surface area (Å²) in [6, 6.07) is 0.391. The first-order valence-corrected chi connectivity index (χ1v) is 5.77. The van der Waals surface area contributed by atoms with Gasteiger partial charge < -0.3 is 15.5 Å². The number of carboxylic acids is 1. The molecule has 0 saturated heterocycles. The molecule has 0 spiro atoms. The van der Waals surface area contributed by atoms with Crippen molar-refractivity contribution in [3.05, 3.63) is 0 Å². The summed E-state index contributed by atoms with van der Waals surface area (Å²) in [6.07, 6.45) is 3.82. The number of hydrogen-bond donors (Lipinski definition) is 3. The minimum absolute atomic E-state index is 0.154. The van der Waals surface area contributed by atoms with Crippen LogP contribution in [0, 0.1) is 5.92 Å². The SMILES string of the molecule is CCC(O)CNC1CCC(C(=O)O)CC1. The smallest absolute Gasteiger partial charge is 0.306 e. The molecule has 0 bridgehead atoms. The van der Waals surface area contributed by atoms with Gasteiger partial charge in [0.2, 0.25) is 0 Å². The molecular weight excluding hydrogens is 194 g/mol. The summed E-state index contributed by atoms with van der Waals surface area (Å²) in [5.41, 5.74) is 0. The molecule has 1 rings (SSSR count). The Morgan fingerprint density at radius 1 is 1.40 bits per heavy atom. The zero-order chi connectivity index (χ0) is 11.3. The lowest BCUT2D eigenvalue weighted by molar-refractivity contribution is -0.142. The molecule has 4 nitrogen and oxygen atoms in total. The Kier molecular flexibility index (Phi) is 5.05. The van der Waals surface area contributed by atoms with Crippen molar-refractivity contribution in [1.29, 1.82) is 0 Å². The van der Waals surface area contributed by atoms with E-state index in [0.717, 1.165) is 32.1 Å². The van der Waals surface area contributed by atoms with Gasteiger partial charge in [-0.3, -0.25) is 4.79 Å². The summed E-state index contributed by atoms with van der Waals surface area (Å²) < 4.78 is 0. The third-order valence-electron chi connectivity index (χ3n) is 3.19. The Balaban J connectivity index is 2.17. The first-order valence-electron chi connectivity index (χ1n) is 5.77. The van der Waals surface area contributed by atoms with Gasteiger partial charge in [-0.05, 0) is 32.1 Å². The molecule has 0 amide bonds. The van der Waals surface area contributed by atoms with Gasteiger partial charge in [0, 0.05) is 12.6 Å². The van der Waals surface area contributed by atoms with Gasteiger partial charge in [-0.25, -0.2) is 0 Å². The highest BCUT2D eigenvalue weighted by Gasteiger charge is 2.25. The summed E-state index contributed by atoms with van der Waals surface area (Å²) in [7, 11) is 0. The molecule has 1 saturated carbocycles. The fourth-order valence-electron chi connectivity index (χ4n) is 1.99. The lowest BCUT2D eigenvalue weighted by atomic mass is 9.86. The molecule has 1 atom stereocenters. The van der Waals surface area contributed by atoms with Crippen molar-refractivity contribution in [3.63, 3.8) is 0 Å². The van der Waals surface area contributed by atoms with Crippen molar-refractivity contribution < 1.29 is 15.0 Å². The minimum atomic E-state index is -0.665. The van der Waals surface area contributed by atoms with Crippen molar-refractivity contribution in [1.82, 2.24) is 5.32 Å². The number of nitrogens with one attached hydrogen (secondary N) is 1. The topological polar surface area (TPSA) is 69.6 Å². The molecular formula is C11H21NO3. The monoisotopic (exact) mass is 215 g/mol. The Morgan fingerprint density at radius 3 is 2.47 bits per heavy atom. The summed E-state index contributed by atoms with van der Waals surface area (Å²) >= 11 is 0. The highest BCUT2D eigenvalue weighted by molar-refractivity contribution is 5.70. The van der Waals surface area contributed by atoms with E-state index in [1.807, 2.05) is 6.92 Å². The Bertz CT molecular complexity index is 200. The number of rotatable bonds is 5. The van der Waals surface area contributed by atoms with Gasteiger partial charge >= 0.3 is 5.97 Å². The van der Waals surface area contributed by atoms with E-state index in [9.17, 15) is 9.90 Å². The minimum Gasteiger partial charge on any atom is -0.481 e. The average molecular weight is 215 g/mol. The van der Waals surface area contributed by atoms with Gasteiger partial charge in [0.05, 0.1) is 12.0 Å². The molecule has 0 aromatic heterocycles. The fraction of sp³-hybridized carbons (Fsp3) is 0.909. The largest absolute Gasteiger partial charge is 0.481 e.